The molecule has 0 aliphatic carbocycles. The Kier molecular flexibility index (Phi) is 6.46. The zero-order valence-electron chi connectivity index (χ0n) is 14.8. The Balaban J connectivity index is 2.81. The maximum Gasteiger partial charge on any atom is 0.394 e. The Hall–Kier alpha value is -1.98. The number of ketones is 1. The second-order valence-corrected chi connectivity index (χ2v) is 6.86. The second-order valence-electron chi connectivity index (χ2n) is 6.86. The van der Waals surface area contributed by atoms with Crippen LogP contribution in [0.3, 0.4) is 0 Å². The number of alkyl halides is 2. The van der Waals surface area contributed by atoms with Gasteiger partial charge < -0.3 is 10.1 Å². The molecular formula is C18H25F2NO3. The monoisotopic (exact) mass is 341 g/mol. The Bertz CT molecular complexity index is 589. The zero-order chi connectivity index (χ0) is 18.5. The van der Waals surface area contributed by atoms with E-state index in [1.165, 1.54) is 12.1 Å². The van der Waals surface area contributed by atoms with E-state index in [1.54, 1.807) is 32.9 Å². The van der Waals surface area contributed by atoms with Gasteiger partial charge in [-0.15, -0.1) is 0 Å². The van der Waals surface area contributed by atoms with Gasteiger partial charge in [-0.05, 0) is 24.1 Å². The van der Waals surface area contributed by atoms with Gasteiger partial charge in [-0.1, -0.05) is 39.8 Å². The predicted molar refractivity (Wildman–Crippen MR) is 87.9 cm³/mol. The third-order valence-corrected chi connectivity index (χ3v) is 3.46. The summed E-state index contributed by atoms with van der Waals surface area (Å²) in [5, 5.41) is 2.77. The summed E-state index contributed by atoms with van der Waals surface area (Å²) < 4.78 is 30.5. The van der Waals surface area contributed by atoms with E-state index < -0.39 is 11.5 Å². The topological polar surface area (TPSA) is 55.4 Å². The van der Waals surface area contributed by atoms with E-state index in [0.29, 0.717) is 18.9 Å². The fourth-order valence-electron chi connectivity index (χ4n) is 2.08. The Morgan fingerprint density at radius 3 is 2.33 bits per heavy atom. The lowest BCUT2D eigenvalue weighted by Crippen LogP contribution is -2.33. The van der Waals surface area contributed by atoms with Crippen LogP contribution in [0.15, 0.2) is 24.3 Å². The van der Waals surface area contributed by atoms with Gasteiger partial charge >= 0.3 is 6.11 Å². The molecule has 0 heterocycles. The minimum Gasteiger partial charge on any atom is -0.433 e. The van der Waals surface area contributed by atoms with Crippen molar-refractivity contribution >= 4 is 11.7 Å². The normalized spacial score (nSPS) is 13.3. The highest BCUT2D eigenvalue weighted by molar-refractivity contribution is 6.00. The molecule has 4 nitrogen and oxygen atoms in total. The van der Waals surface area contributed by atoms with Crippen LogP contribution in [0.2, 0.25) is 0 Å². The average Bonchev–Trinajstić information content (AvgIpc) is 2.42. The van der Waals surface area contributed by atoms with Crippen molar-refractivity contribution in [1.82, 2.24) is 5.32 Å². The molecular weight excluding hydrogens is 316 g/mol. The van der Waals surface area contributed by atoms with E-state index in [2.05, 4.69) is 10.1 Å². The summed E-state index contributed by atoms with van der Waals surface area (Å²) >= 11 is 0. The number of nitrogens with one attached hydrogen (secondary N) is 1. The number of carbonyl (C=O) groups is 2. The van der Waals surface area contributed by atoms with E-state index in [9.17, 15) is 18.4 Å². The van der Waals surface area contributed by atoms with Gasteiger partial charge in [0.2, 0.25) is 5.91 Å². The van der Waals surface area contributed by atoms with Crippen molar-refractivity contribution in [1.29, 1.82) is 0 Å². The number of ether oxygens (including phenoxy) is 1. The van der Waals surface area contributed by atoms with Gasteiger partial charge in [0, 0.05) is 12.3 Å². The highest BCUT2D eigenvalue weighted by Gasteiger charge is 2.26. The van der Waals surface area contributed by atoms with Gasteiger partial charge in [0.05, 0.1) is 12.5 Å². The first-order valence-corrected chi connectivity index (χ1v) is 7.92. The third-order valence-electron chi connectivity index (χ3n) is 3.46. The molecule has 0 aromatic heterocycles. The minimum absolute atomic E-state index is 0.0264. The lowest BCUT2D eigenvalue weighted by Gasteiger charge is -2.21. The molecule has 6 heteroatoms. The van der Waals surface area contributed by atoms with Crippen LogP contribution in [0.5, 0.6) is 5.75 Å². The predicted octanol–water partition coefficient (Wildman–Crippen LogP) is 4.25. The van der Waals surface area contributed by atoms with Crippen molar-refractivity contribution in [2.24, 2.45) is 5.41 Å². The van der Waals surface area contributed by atoms with Crippen molar-refractivity contribution in [3.8, 4) is 5.75 Å². The second kappa shape index (κ2) is 7.73. The number of amides is 1. The molecule has 0 fully saturated rings. The van der Waals surface area contributed by atoms with Crippen LogP contribution in [0.4, 0.5) is 8.78 Å². The lowest BCUT2D eigenvalue weighted by molar-refractivity contribution is -0.159. The largest absolute Gasteiger partial charge is 0.433 e. The minimum atomic E-state index is -3.28. The molecule has 134 valence electrons. The standard InChI is InChI=1S/C18H25F2NO3/c1-6-14(21-16(23)11-15(22)17(2,3)4)12-8-7-9-13(10-12)24-18(5,19)20/h7-10,14H,6,11H2,1-5H3,(H,21,23)/t14-/m0/s1. The Morgan fingerprint density at radius 1 is 1.21 bits per heavy atom. The highest BCUT2D eigenvalue weighted by Crippen LogP contribution is 2.26. The molecule has 0 spiro atoms. The van der Waals surface area contributed by atoms with Crippen LogP contribution in [0.1, 0.15) is 59.1 Å². The average molecular weight is 341 g/mol. The van der Waals surface area contributed by atoms with E-state index in [0.717, 1.165) is 0 Å². The number of hydrogen-bond donors (Lipinski definition) is 1. The van der Waals surface area contributed by atoms with Crippen LogP contribution in [-0.2, 0) is 9.59 Å². The molecule has 1 aromatic carbocycles. The van der Waals surface area contributed by atoms with Crippen molar-refractivity contribution in [2.75, 3.05) is 0 Å². The first kappa shape index (κ1) is 20.1. The molecule has 0 radical (unpaired) electrons. The summed E-state index contributed by atoms with van der Waals surface area (Å²) in [5.74, 6) is -0.509. The number of benzene rings is 1. The van der Waals surface area contributed by atoms with Crippen molar-refractivity contribution in [3.63, 3.8) is 0 Å². The number of rotatable bonds is 7. The molecule has 0 aliphatic heterocycles. The number of Topliss-reactive ketones (excluding diaryl/α,β-unsaturated/α-hetero) is 1. The Morgan fingerprint density at radius 2 is 1.83 bits per heavy atom. The van der Waals surface area contributed by atoms with Gasteiger partial charge in [-0.2, -0.15) is 8.78 Å². The summed E-state index contributed by atoms with van der Waals surface area (Å²) in [5.41, 5.74) is 0.0651. The van der Waals surface area contributed by atoms with Gasteiger partial charge in [0.15, 0.2) is 0 Å². The molecule has 0 saturated carbocycles. The fourth-order valence-corrected chi connectivity index (χ4v) is 2.08. The smallest absolute Gasteiger partial charge is 0.394 e. The Labute approximate surface area is 141 Å². The van der Waals surface area contributed by atoms with E-state index in [1.807, 2.05) is 6.92 Å². The van der Waals surface area contributed by atoms with E-state index >= 15 is 0 Å². The summed E-state index contributed by atoms with van der Waals surface area (Å²) in [6.07, 6.45) is -2.92. The summed E-state index contributed by atoms with van der Waals surface area (Å²) in [6, 6.07) is 5.83. The molecule has 1 atom stereocenters. The molecule has 0 unspecified atom stereocenters. The maximum atomic E-state index is 13.0. The zero-order valence-corrected chi connectivity index (χ0v) is 14.8. The van der Waals surface area contributed by atoms with E-state index in [-0.39, 0.29) is 29.9 Å². The van der Waals surface area contributed by atoms with Crippen molar-refractivity contribution in [2.45, 2.75) is 59.6 Å². The SMILES string of the molecule is CC[C@H](NC(=O)CC(=O)C(C)(C)C)c1cccc(OC(C)(F)F)c1. The fraction of sp³-hybridized carbons (Fsp3) is 0.556. The van der Waals surface area contributed by atoms with Gasteiger partial charge in [-0.3, -0.25) is 9.59 Å². The third kappa shape index (κ3) is 6.64. The molecule has 1 aromatic rings. The highest BCUT2D eigenvalue weighted by atomic mass is 19.3. The first-order valence-electron chi connectivity index (χ1n) is 7.92. The van der Waals surface area contributed by atoms with Crippen LogP contribution >= 0.6 is 0 Å². The van der Waals surface area contributed by atoms with Crippen LogP contribution < -0.4 is 10.1 Å². The maximum absolute atomic E-state index is 13.0. The first-order chi connectivity index (χ1) is 10.9. The molecule has 24 heavy (non-hydrogen) atoms. The summed E-state index contributed by atoms with van der Waals surface area (Å²) in [7, 11) is 0. The van der Waals surface area contributed by atoms with Gasteiger partial charge in [0.25, 0.3) is 0 Å². The van der Waals surface area contributed by atoms with E-state index in [4.69, 9.17) is 0 Å². The lowest BCUT2D eigenvalue weighted by atomic mass is 9.89. The molecule has 0 aliphatic rings. The molecule has 0 saturated heterocycles. The van der Waals surface area contributed by atoms with Gasteiger partial charge in [0.1, 0.15) is 11.5 Å². The van der Waals surface area contributed by atoms with Crippen LogP contribution in [0.25, 0.3) is 0 Å². The molecule has 1 amide bonds. The quantitative estimate of drug-likeness (QED) is 0.754. The number of carbonyl (C=O) groups excluding carboxylic acids is 2. The van der Waals surface area contributed by atoms with Crippen molar-refractivity contribution in [3.05, 3.63) is 29.8 Å². The van der Waals surface area contributed by atoms with Crippen molar-refractivity contribution < 1.29 is 23.1 Å². The molecule has 0 bridgehead atoms. The number of halogens is 2. The molecule has 1 rings (SSSR count). The van der Waals surface area contributed by atoms with Gasteiger partial charge in [-0.25, -0.2) is 0 Å². The molecule has 1 N–H and O–H groups in total. The summed E-state index contributed by atoms with van der Waals surface area (Å²) in [4.78, 5) is 24.0. The van der Waals surface area contributed by atoms with Crippen LogP contribution in [0, 0.1) is 5.41 Å². The number of hydrogen-bond acceptors (Lipinski definition) is 3. The van der Waals surface area contributed by atoms with Crippen LogP contribution in [-0.4, -0.2) is 17.8 Å². The summed E-state index contributed by atoms with van der Waals surface area (Å²) in [6.45, 7) is 7.79.